The van der Waals surface area contributed by atoms with Crippen LogP contribution in [0.4, 0.5) is 0 Å². The molecule has 2 amide bonds. The summed E-state index contributed by atoms with van der Waals surface area (Å²) in [5, 5.41) is 0. The third-order valence-corrected chi connectivity index (χ3v) is 3.08. The predicted octanol–water partition coefficient (Wildman–Crippen LogP) is 1.62. The van der Waals surface area contributed by atoms with Gasteiger partial charge in [0.05, 0.1) is 17.7 Å². The van der Waals surface area contributed by atoms with Crippen molar-refractivity contribution in [2.75, 3.05) is 6.61 Å². The normalized spacial score (nSPS) is 15.4. The molecule has 0 N–H and O–H groups in total. The first kappa shape index (κ1) is 13.3. The molecule has 1 aliphatic rings. The monoisotopic (exact) mass is 261 g/mol. The second-order valence-electron chi connectivity index (χ2n) is 4.20. The van der Waals surface area contributed by atoms with Gasteiger partial charge in [-0.05, 0) is 25.5 Å². The third kappa shape index (κ3) is 2.12. The van der Waals surface area contributed by atoms with Gasteiger partial charge in [-0.25, -0.2) is 4.79 Å². The molecule has 0 fully saturated rings. The molecule has 0 saturated carbocycles. The van der Waals surface area contributed by atoms with Crippen LogP contribution in [0.1, 0.15) is 41.0 Å². The van der Waals surface area contributed by atoms with Gasteiger partial charge in [-0.15, -0.1) is 0 Å². The van der Waals surface area contributed by atoms with Crippen molar-refractivity contribution in [1.82, 2.24) is 4.90 Å². The summed E-state index contributed by atoms with van der Waals surface area (Å²) in [7, 11) is 0. The number of ether oxygens (including phenoxy) is 1. The summed E-state index contributed by atoms with van der Waals surface area (Å²) < 4.78 is 4.92. The molecule has 1 atom stereocenters. The second kappa shape index (κ2) is 5.22. The van der Waals surface area contributed by atoms with Crippen LogP contribution in [0.25, 0.3) is 0 Å². The minimum atomic E-state index is -0.854. The summed E-state index contributed by atoms with van der Waals surface area (Å²) in [5.74, 6) is -1.40. The van der Waals surface area contributed by atoms with E-state index in [1.165, 1.54) is 0 Å². The Kier molecular flexibility index (Phi) is 3.64. The summed E-state index contributed by atoms with van der Waals surface area (Å²) in [6, 6.07) is 5.71. The highest BCUT2D eigenvalue weighted by Gasteiger charge is 2.42. The highest BCUT2D eigenvalue weighted by Crippen LogP contribution is 2.25. The zero-order chi connectivity index (χ0) is 14.0. The molecule has 0 aromatic heterocycles. The Bertz CT molecular complexity index is 503. The number of fused-ring (bicyclic) bond motifs is 1. The Morgan fingerprint density at radius 3 is 2.11 bits per heavy atom. The molecule has 0 spiro atoms. The lowest BCUT2D eigenvalue weighted by Crippen LogP contribution is -2.45. The maximum atomic E-state index is 12.2. The number of carbonyl (C=O) groups is 3. The maximum absolute atomic E-state index is 12.2. The Hall–Kier alpha value is -2.17. The van der Waals surface area contributed by atoms with E-state index in [1.807, 2.05) is 0 Å². The van der Waals surface area contributed by atoms with Crippen molar-refractivity contribution in [3.8, 4) is 0 Å². The number of esters is 1. The molecule has 0 unspecified atom stereocenters. The van der Waals surface area contributed by atoms with Gasteiger partial charge in [-0.3, -0.25) is 14.5 Å². The van der Waals surface area contributed by atoms with Gasteiger partial charge in [0.1, 0.15) is 6.04 Å². The molecule has 1 aliphatic heterocycles. The van der Waals surface area contributed by atoms with Crippen LogP contribution in [0.15, 0.2) is 24.3 Å². The van der Waals surface area contributed by atoms with Crippen LogP contribution in [-0.4, -0.2) is 35.3 Å². The molecule has 1 aromatic rings. The molecule has 0 bridgehead atoms. The number of carbonyl (C=O) groups excluding carboxylic acids is 3. The smallest absolute Gasteiger partial charge is 0.329 e. The molecular weight excluding hydrogens is 246 g/mol. The van der Waals surface area contributed by atoms with Gasteiger partial charge in [-0.1, -0.05) is 19.1 Å². The molecule has 19 heavy (non-hydrogen) atoms. The van der Waals surface area contributed by atoms with E-state index in [0.717, 1.165) is 4.90 Å². The fourth-order valence-corrected chi connectivity index (χ4v) is 2.18. The topological polar surface area (TPSA) is 63.7 Å². The molecule has 2 rings (SSSR count). The van der Waals surface area contributed by atoms with Crippen LogP contribution in [-0.2, 0) is 9.53 Å². The van der Waals surface area contributed by atoms with Crippen molar-refractivity contribution in [1.29, 1.82) is 0 Å². The van der Waals surface area contributed by atoms with E-state index in [0.29, 0.717) is 17.5 Å². The third-order valence-electron chi connectivity index (χ3n) is 3.08. The summed E-state index contributed by atoms with van der Waals surface area (Å²) in [6.07, 6.45) is 0.338. The first-order valence-corrected chi connectivity index (χ1v) is 6.25. The molecule has 100 valence electrons. The van der Waals surface area contributed by atoms with E-state index >= 15 is 0 Å². The van der Waals surface area contributed by atoms with Crippen LogP contribution >= 0.6 is 0 Å². The minimum Gasteiger partial charge on any atom is -0.464 e. The fourth-order valence-electron chi connectivity index (χ4n) is 2.18. The summed E-state index contributed by atoms with van der Waals surface area (Å²) in [5.41, 5.74) is 0.686. The second-order valence-corrected chi connectivity index (χ2v) is 4.20. The van der Waals surface area contributed by atoms with Crippen molar-refractivity contribution in [2.45, 2.75) is 26.3 Å². The lowest BCUT2D eigenvalue weighted by atomic mass is 10.1. The van der Waals surface area contributed by atoms with Crippen molar-refractivity contribution in [3.63, 3.8) is 0 Å². The number of benzene rings is 1. The van der Waals surface area contributed by atoms with Crippen LogP contribution < -0.4 is 0 Å². The highest BCUT2D eigenvalue weighted by molar-refractivity contribution is 6.22. The molecule has 1 heterocycles. The molecule has 5 heteroatoms. The van der Waals surface area contributed by atoms with E-state index in [1.54, 1.807) is 38.1 Å². The molecule has 1 aromatic carbocycles. The van der Waals surface area contributed by atoms with Gasteiger partial charge in [0.25, 0.3) is 11.8 Å². The first-order chi connectivity index (χ1) is 9.11. The van der Waals surface area contributed by atoms with Crippen LogP contribution in [0, 0.1) is 0 Å². The zero-order valence-corrected chi connectivity index (χ0v) is 10.9. The average Bonchev–Trinajstić information content (AvgIpc) is 2.66. The number of amides is 2. The molecule has 0 saturated heterocycles. The van der Waals surface area contributed by atoms with Crippen molar-refractivity contribution in [3.05, 3.63) is 35.4 Å². The first-order valence-electron chi connectivity index (χ1n) is 6.25. The van der Waals surface area contributed by atoms with Gasteiger partial charge in [0.2, 0.25) is 0 Å². The number of imide groups is 1. The molecular formula is C14H15NO4. The summed E-state index contributed by atoms with van der Waals surface area (Å²) in [6.45, 7) is 3.65. The lowest BCUT2D eigenvalue weighted by Gasteiger charge is -2.22. The van der Waals surface area contributed by atoms with E-state index in [4.69, 9.17) is 4.74 Å². The SMILES string of the molecule is CCOC(=O)[C@H](CC)N1C(=O)c2ccccc2C1=O. The Morgan fingerprint density at radius 1 is 1.16 bits per heavy atom. The van der Waals surface area contributed by atoms with Crippen molar-refractivity contribution < 1.29 is 19.1 Å². The quantitative estimate of drug-likeness (QED) is 0.610. The predicted molar refractivity (Wildman–Crippen MR) is 67.7 cm³/mol. The number of hydrogen-bond donors (Lipinski definition) is 0. The molecule has 0 radical (unpaired) electrons. The average molecular weight is 261 g/mol. The highest BCUT2D eigenvalue weighted by atomic mass is 16.5. The van der Waals surface area contributed by atoms with E-state index in [-0.39, 0.29) is 6.61 Å². The van der Waals surface area contributed by atoms with E-state index in [2.05, 4.69) is 0 Å². The Labute approximate surface area is 111 Å². The van der Waals surface area contributed by atoms with Crippen molar-refractivity contribution >= 4 is 17.8 Å². The largest absolute Gasteiger partial charge is 0.464 e. The van der Waals surface area contributed by atoms with Crippen LogP contribution in [0.5, 0.6) is 0 Å². The number of nitrogens with zero attached hydrogens (tertiary/aromatic N) is 1. The van der Waals surface area contributed by atoms with Gasteiger partial charge in [-0.2, -0.15) is 0 Å². The lowest BCUT2D eigenvalue weighted by molar-refractivity contribution is -0.147. The van der Waals surface area contributed by atoms with Gasteiger partial charge in [0.15, 0.2) is 0 Å². The number of hydrogen-bond acceptors (Lipinski definition) is 4. The molecule has 0 aliphatic carbocycles. The zero-order valence-electron chi connectivity index (χ0n) is 10.9. The van der Waals surface area contributed by atoms with Crippen LogP contribution in [0.2, 0.25) is 0 Å². The van der Waals surface area contributed by atoms with Gasteiger partial charge >= 0.3 is 5.97 Å². The van der Waals surface area contributed by atoms with Gasteiger partial charge < -0.3 is 4.74 Å². The fraction of sp³-hybridized carbons (Fsp3) is 0.357. The van der Waals surface area contributed by atoms with Gasteiger partial charge in [0, 0.05) is 0 Å². The van der Waals surface area contributed by atoms with E-state index in [9.17, 15) is 14.4 Å². The summed E-state index contributed by atoms with van der Waals surface area (Å²) in [4.78, 5) is 37.3. The summed E-state index contributed by atoms with van der Waals surface area (Å²) >= 11 is 0. The van der Waals surface area contributed by atoms with Crippen molar-refractivity contribution in [2.24, 2.45) is 0 Å². The minimum absolute atomic E-state index is 0.221. The number of rotatable bonds is 4. The maximum Gasteiger partial charge on any atom is 0.329 e. The molecule has 5 nitrogen and oxygen atoms in total. The Morgan fingerprint density at radius 2 is 1.68 bits per heavy atom. The van der Waals surface area contributed by atoms with Crippen LogP contribution in [0.3, 0.4) is 0 Å². The Balaban J connectivity index is 2.35. The van der Waals surface area contributed by atoms with E-state index < -0.39 is 23.8 Å². The standard InChI is InChI=1S/C14H15NO4/c1-3-11(14(18)19-4-2)15-12(16)9-7-5-6-8-10(9)13(15)17/h5-8,11H,3-4H2,1-2H3/t11-/m0/s1.